The van der Waals surface area contributed by atoms with Crippen LogP contribution in [0.3, 0.4) is 0 Å². The van der Waals surface area contributed by atoms with Gasteiger partial charge in [-0.3, -0.25) is 0 Å². The maximum Gasteiger partial charge on any atom is -0.0149 e. The normalized spacial score (nSPS) is 12.9. The van der Waals surface area contributed by atoms with Gasteiger partial charge in [0.05, 0.1) is 0 Å². The largest absolute Gasteiger partial charge is 0.0654 e. The molecular formula is C18H20. The van der Waals surface area contributed by atoms with E-state index in [1.54, 1.807) is 5.56 Å². The molecule has 0 fully saturated rings. The summed E-state index contributed by atoms with van der Waals surface area (Å²) in [5.74, 6) is 0. The Bertz CT molecular complexity index is 552. The van der Waals surface area contributed by atoms with E-state index in [4.69, 9.17) is 0 Å². The second kappa shape index (κ2) is 4.97. The number of unbranched alkanes of at least 4 members (excludes halogenated alkanes) is 1. The van der Waals surface area contributed by atoms with Gasteiger partial charge in [0.25, 0.3) is 0 Å². The zero-order valence-electron chi connectivity index (χ0n) is 11.1. The van der Waals surface area contributed by atoms with Crippen LogP contribution in [0.25, 0.3) is 11.1 Å². The van der Waals surface area contributed by atoms with Gasteiger partial charge in [-0.15, -0.1) is 0 Å². The van der Waals surface area contributed by atoms with E-state index in [1.807, 2.05) is 0 Å². The maximum atomic E-state index is 2.43. The molecule has 1 aliphatic rings. The van der Waals surface area contributed by atoms with Gasteiger partial charge in [-0.05, 0) is 53.5 Å². The van der Waals surface area contributed by atoms with Gasteiger partial charge in [-0.25, -0.2) is 0 Å². The van der Waals surface area contributed by atoms with Crippen molar-refractivity contribution in [2.45, 2.75) is 39.0 Å². The summed E-state index contributed by atoms with van der Waals surface area (Å²) in [6.07, 6.45) is 6.20. The van der Waals surface area contributed by atoms with E-state index in [-0.39, 0.29) is 0 Å². The van der Waals surface area contributed by atoms with Gasteiger partial charge in [0.15, 0.2) is 0 Å². The lowest BCUT2D eigenvalue weighted by Gasteiger charge is -2.20. The third-order valence-corrected chi connectivity index (χ3v) is 3.96. The zero-order valence-corrected chi connectivity index (χ0v) is 11.1. The van der Waals surface area contributed by atoms with Crippen LogP contribution in [0.5, 0.6) is 0 Å². The lowest BCUT2D eigenvalue weighted by atomic mass is 9.84. The van der Waals surface area contributed by atoms with Crippen molar-refractivity contribution in [3.63, 3.8) is 0 Å². The lowest BCUT2D eigenvalue weighted by molar-refractivity contribution is 0.792. The molecule has 0 aromatic heterocycles. The Balaban J connectivity index is 1.98. The molecule has 2 aromatic rings. The topological polar surface area (TPSA) is 0 Å². The van der Waals surface area contributed by atoms with Crippen molar-refractivity contribution < 1.29 is 0 Å². The van der Waals surface area contributed by atoms with Crippen LogP contribution < -0.4 is 0 Å². The van der Waals surface area contributed by atoms with Gasteiger partial charge in [-0.1, -0.05) is 55.8 Å². The molecule has 18 heavy (non-hydrogen) atoms. The Morgan fingerprint density at radius 1 is 0.889 bits per heavy atom. The first-order valence-corrected chi connectivity index (χ1v) is 7.08. The first-order chi connectivity index (χ1) is 8.88. The summed E-state index contributed by atoms with van der Waals surface area (Å²) in [7, 11) is 0. The number of fused-ring (bicyclic) bond motifs is 3. The summed E-state index contributed by atoms with van der Waals surface area (Å²) in [5, 5.41) is 0. The molecule has 1 aliphatic carbocycles. The van der Waals surface area contributed by atoms with Gasteiger partial charge in [0, 0.05) is 0 Å². The summed E-state index contributed by atoms with van der Waals surface area (Å²) in [5.41, 5.74) is 7.46. The number of hydrogen-bond donors (Lipinski definition) is 0. The van der Waals surface area contributed by atoms with Crippen LogP contribution in [0.1, 0.15) is 36.5 Å². The molecule has 0 heterocycles. The summed E-state index contributed by atoms with van der Waals surface area (Å²) in [6, 6.07) is 15.9. The van der Waals surface area contributed by atoms with Crippen LogP contribution >= 0.6 is 0 Å². The van der Waals surface area contributed by atoms with Crippen molar-refractivity contribution in [2.24, 2.45) is 0 Å². The number of hydrogen-bond acceptors (Lipinski definition) is 0. The van der Waals surface area contributed by atoms with E-state index in [0.717, 1.165) is 0 Å². The van der Waals surface area contributed by atoms with Crippen molar-refractivity contribution in [3.05, 3.63) is 59.2 Å². The predicted octanol–water partition coefficient (Wildman–Crippen LogP) is 4.79. The number of benzene rings is 2. The molecule has 0 nitrogen and oxygen atoms in total. The average Bonchev–Trinajstić information content (AvgIpc) is 2.44. The van der Waals surface area contributed by atoms with Crippen LogP contribution in [-0.2, 0) is 19.3 Å². The monoisotopic (exact) mass is 236 g/mol. The quantitative estimate of drug-likeness (QED) is 0.718. The van der Waals surface area contributed by atoms with Crippen molar-refractivity contribution in [3.8, 4) is 11.1 Å². The Morgan fingerprint density at radius 2 is 1.67 bits per heavy atom. The molecule has 0 radical (unpaired) electrons. The second-order valence-corrected chi connectivity index (χ2v) is 5.25. The van der Waals surface area contributed by atoms with Gasteiger partial charge >= 0.3 is 0 Å². The minimum atomic E-state index is 1.19. The van der Waals surface area contributed by atoms with Gasteiger partial charge in [0.2, 0.25) is 0 Å². The number of aryl methyl sites for hydroxylation is 3. The minimum Gasteiger partial charge on any atom is -0.0654 e. The van der Waals surface area contributed by atoms with E-state index in [0.29, 0.717) is 0 Å². The van der Waals surface area contributed by atoms with Gasteiger partial charge < -0.3 is 0 Å². The highest BCUT2D eigenvalue weighted by molar-refractivity contribution is 5.73. The summed E-state index contributed by atoms with van der Waals surface area (Å²) in [6.45, 7) is 2.26. The molecule has 2 aromatic carbocycles. The fourth-order valence-corrected chi connectivity index (χ4v) is 2.92. The maximum absolute atomic E-state index is 2.43. The highest BCUT2D eigenvalue weighted by Gasteiger charge is 2.15. The molecule has 0 N–H and O–H groups in total. The third-order valence-electron chi connectivity index (χ3n) is 3.96. The smallest absolute Gasteiger partial charge is 0.0149 e. The molecule has 0 atom stereocenters. The molecule has 0 unspecified atom stereocenters. The fourth-order valence-electron chi connectivity index (χ4n) is 2.92. The molecule has 0 bridgehead atoms. The first-order valence-electron chi connectivity index (χ1n) is 7.08. The SMILES string of the molecule is CCCCc1ccc2c(c1)CCc1ccccc1-2. The second-order valence-electron chi connectivity index (χ2n) is 5.25. The van der Waals surface area contributed by atoms with E-state index >= 15 is 0 Å². The standard InChI is InChI=1S/C18H20/c1-2-3-6-14-9-12-18-16(13-14)11-10-15-7-4-5-8-17(15)18/h4-5,7-9,12-13H,2-3,6,10-11H2,1H3. The van der Waals surface area contributed by atoms with Crippen LogP contribution in [0.4, 0.5) is 0 Å². The summed E-state index contributed by atoms with van der Waals surface area (Å²) in [4.78, 5) is 0. The molecule has 0 saturated carbocycles. The fraction of sp³-hybridized carbons (Fsp3) is 0.333. The van der Waals surface area contributed by atoms with Gasteiger partial charge in [-0.2, -0.15) is 0 Å². The van der Waals surface area contributed by atoms with Crippen LogP contribution in [-0.4, -0.2) is 0 Å². The Hall–Kier alpha value is -1.56. The van der Waals surface area contributed by atoms with Crippen LogP contribution in [0.15, 0.2) is 42.5 Å². The van der Waals surface area contributed by atoms with Crippen LogP contribution in [0, 0.1) is 0 Å². The molecule has 0 saturated heterocycles. The van der Waals surface area contributed by atoms with E-state index in [9.17, 15) is 0 Å². The average molecular weight is 236 g/mol. The molecular weight excluding hydrogens is 216 g/mol. The minimum absolute atomic E-state index is 1.19. The first kappa shape index (κ1) is 11.5. The van der Waals surface area contributed by atoms with Crippen molar-refractivity contribution in [1.29, 1.82) is 0 Å². The number of rotatable bonds is 3. The van der Waals surface area contributed by atoms with Crippen LogP contribution in [0.2, 0.25) is 0 Å². The van der Waals surface area contributed by atoms with Crippen molar-refractivity contribution in [1.82, 2.24) is 0 Å². The molecule has 0 amide bonds. The lowest BCUT2D eigenvalue weighted by Crippen LogP contribution is -2.04. The molecule has 0 aliphatic heterocycles. The highest BCUT2D eigenvalue weighted by atomic mass is 14.2. The summed E-state index contributed by atoms with van der Waals surface area (Å²) >= 11 is 0. The molecule has 0 spiro atoms. The zero-order chi connectivity index (χ0) is 12.4. The van der Waals surface area contributed by atoms with Gasteiger partial charge in [0.1, 0.15) is 0 Å². The Kier molecular flexibility index (Phi) is 3.19. The molecule has 0 heteroatoms. The predicted molar refractivity (Wildman–Crippen MR) is 77.9 cm³/mol. The van der Waals surface area contributed by atoms with E-state index in [2.05, 4.69) is 49.4 Å². The van der Waals surface area contributed by atoms with E-state index in [1.165, 1.54) is 54.4 Å². The molecule has 92 valence electrons. The highest BCUT2D eigenvalue weighted by Crippen LogP contribution is 2.33. The van der Waals surface area contributed by atoms with Crippen molar-refractivity contribution in [2.75, 3.05) is 0 Å². The van der Waals surface area contributed by atoms with E-state index < -0.39 is 0 Å². The summed E-state index contributed by atoms with van der Waals surface area (Å²) < 4.78 is 0. The Morgan fingerprint density at radius 3 is 2.56 bits per heavy atom. The Labute approximate surface area is 110 Å². The third kappa shape index (κ3) is 2.08. The molecule has 3 rings (SSSR count). The van der Waals surface area contributed by atoms with Crippen molar-refractivity contribution >= 4 is 0 Å².